The molecule has 0 bridgehead atoms. The second kappa shape index (κ2) is 5.22. The number of rotatable bonds is 2. The number of hydrogen-bond acceptors (Lipinski definition) is 5. The van der Waals surface area contributed by atoms with E-state index in [4.69, 9.17) is 0 Å². The maximum Gasteiger partial charge on any atom is 0.235 e. The molecule has 3 aromatic heterocycles. The zero-order valence-electron chi connectivity index (χ0n) is 10.9. The molecule has 0 aliphatic rings. The fraction of sp³-hybridized carbons (Fsp3) is 0. The first-order chi connectivity index (χ1) is 10.7. The molecule has 0 saturated heterocycles. The lowest BCUT2D eigenvalue weighted by molar-refractivity contribution is 0.631. The van der Waals surface area contributed by atoms with Crippen LogP contribution in [0.1, 0.15) is 0 Å². The number of benzene rings is 1. The van der Waals surface area contributed by atoms with E-state index in [2.05, 4.69) is 36.2 Å². The number of hydrogen-bond donors (Lipinski definition) is 0. The van der Waals surface area contributed by atoms with Crippen molar-refractivity contribution >= 4 is 32.2 Å². The Bertz CT molecular complexity index is 980. The molecule has 108 valence electrons. The lowest BCUT2D eigenvalue weighted by atomic mass is 10.2. The monoisotopic (exact) mass is 375 g/mol. The van der Waals surface area contributed by atoms with Gasteiger partial charge in [0.2, 0.25) is 4.96 Å². The van der Waals surface area contributed by atoms with Gasteiger partial charge in [-0.15, -0.1) is 10.2 Å². The molecule has 0 saturated carbocycles. The van der Waals surface area contributed by atoms with Gasteiger partial charge in [0.25, 0.3) is 0 Å². The van der Waals surface area contributed by atoms with Crippen molar-refractivity contribution in [2.75, 3.05) is 0 Å². The van der Waals surface area contributed by atoms with Gasteiger partial charge in [-0.3, -0.25) is 4.98 Å². The molecular weight excluding hydrogens is 369 g/mol. The summed E-state index contributed by atoms with van der Waals surface area (Å²) in [5.41, 5.74) is 1.24. The van der Waals surface area contributed by atoms with Crippen LogP contribution in [-0.4, -0.2) is 24.8 Å². The lowest BCUT2D eigenvalue weighted by Crippen LogP contribution is -1.92. The van der Waals surface area contributed by atoms with Crippen LogP contribution in [0.4, 0.5) is 4.39 Å². The summed E-state index contributed by atoms with van der Waals surface area (Å²) in [4.78, 5) is 4.72. The van der Waals surface area contributed by atoms with E-state index in [-0.39, 0.29) is 5.82 Å². The second-order valence-corrected chi connectivity index (χ2v) is 6.37. The highest BCUT2D eigenvalue weighted by molar-refractivity contribution is 9.10. The van der Waals surface area contributed by atoms with Crippen molar-refractivity contribution in [2.24, 2.45) is 0 Å². The van der Waals surface area contributed by atoms with Gasteiger partial charge in [-0.1, -0.05) is 23.5 Å². The summed E-state index contributed by atoms with van der Waals surface area (Å²) in [6, 6.07) is 8.42. The third-order valence-corrected chi connectivity index (χ3v) is 4.42. The quantitative estimate of drug-likeness (QED) is 0.534. The van der Waals surface area contributed by atoms with Crippen LogP contribution in [0.15, 0.2) is 47.2 Å². The summed E-state index contributed by atoms with van der Waals surface area (Å²) in [5, 5.41) is 13.2. The summed E-state index contributed by atoms with van der Waals surface area (Å²) < 4.78 is 16.3. The maximum atomic E-state index is 13.9. The molecule has 0 unspecified atom stereocenters. The Morgan fingerprint density at radius 1 is 1.14 bits per heavy atom. The number of fused-ring (bicyclic) bond motifs is 1. The van der Waals surface area contributed by atoms with Crippen molar-refractivity contribution in [3.8, 4) is 22.0 Å². The summed E-state index contributed by atoms with van der Waals surface area (Å²) in [6.45, 7) is 0. The molecule has 22 heavy (non-hydrogen) atoms. The standard InChI is InChI=1S/C14H7BrFN5S/c15-9-5-8(6-17-7-9)12-18-19-14-21(12)20-13(22-14)10-3-1-2-4-11(10)16/h1-7H. The molecule has 1 aromatic carbocycles. The molecule has 0 fully saturated rings. The molecule has 0 spiro atoms. The highest BCUT2D eigenvalue weighted by Gasteiger charge is 2.16. The van der Waals surface area contributed by atoms with E-state index >= 15 is 0 Å². The number of nitrogens with zero attached hydrogens (tertiary/aromatic N) is 5. The second-order valence-electron chi connectivity index (χ2n) is 4.50. The van der Waals surface area contributed by atoms with Crippen LogP contribution in [0.3, 0.4) is 0 Å². The van der Waals surface area contributed by atoms with E-state index in [9.17, 15) is 4.39 Å². The normalized spacial score (nSPS) is 11.2. The van der Waals surface area contributed by atoms with Crippen LogP contribution >= 0.6 is 27.3 Å². The fourth-order valence-electron chi connectivity index (χ4n) is 2.07. The topological polar surface area (TPSA) is 56.0 Å². The Morgan fingerprint density at radius 3 is 2.82 bits per heavy atom. The van der Waals surface area contributed by atoms with Crippen LogP contribution in [-0.2, 0) is 0 Å². The van der Waals surface area contributed by atoms with E-state index < -0.39 is 0 Å². The Morgan fingerprint density at radius 2 is 2.00 bits per heavy atom. The molecule has 0 aliphatic carbocycles. The molecule has 3 heterocycles. The van der Waals surface area contributed by atoms with Gasteiger partial charge in [-0.25, -0.2) is 4.39 Å². The van der Waals surface area contributed by atoms with Crippen LogP contribution < -0.4 is 0 Å². The van der Waals surface area contributed by atoms with Gasteiger partial charge in [0.15, 0.2) is 10.8 Å². The molecule has 0 N–H and O–H groups in total. The molecule has 0 amide bonds. The maximum absolute atomic E-state index is 13.9. The minimum atomic E-state index is -0.307. The molecule has 4 rings (SSSR count). The van der Waals surface area contributed by atoms with Crippen LogP contribution in [0.5, 0.6) is 0 Å². The minimum Gasteiger partial charge on any atom is -0.263 e. The van der Waals surface area contributed by atoms with Crippen molar-refractivity contribution in [1.29, 1.82) is 0 Å². The van der Waals surface area contributed by atoms with Crippen molar-refractivity contribution in [3.05, 3.63) is 53.0 Å². The van der Waals surface area contributed by atoms with Gasteiger partial charge in [0.05, 0.1) is 0 Å². The van der Waals surface area contributed by atoms with Gasteiger partial charge in [-0.2, -0.15) is 9.61 Å². The van der Waals surface area contributed by atoms with E-state index in [1.54, 1.807) is 35.1 Å². The number of aromatic nitrogens is 5. The summed E-state index contributed by atoms with van der Waals surface area (Å²) in [5.74, 6) is 0.265. The Hall–Kier alpha value is -2.19. The molecule has 0 radical (unpaired) electrons. The van der Waals surface area contributed by atoms with Crippen LogP contribution in [0.25, 0.3) is 26.9 Å². The third kappa shape index (κ3) is 2.20. The van der Waals surface area contributed by atoms with E-state index in [1.807, 2.05) is 6.07 Å². The van der Waals surface area contributed by atoms with Gasteiger partial charge < -0.3 is 0 Å². The Labute approximate surface area is 136 Å². The van der Waals surface area contributed by atoms with Crippen molar-refractivity contribution in [1.82, 2.24) is 24.8 Å². The summed E-state index contributed by atoms with van der Waals surface area (Å²) in [6.07, 6.45) is 3.37. The first kappa shape index (κ1) is 13.5. The van der Waals surface area contributed by atoms with E-state index in [1.165, 1.54) is 17.4 Å². The zero-order valence-corrected chi connectivity index (χ0v) is 13.3. The molecule has 5 nitrogen and oxygen atoms in total. The fourth-order valence-corrected chi connectivity index (χ4v) is 3.31. The average molecular weight is 376 g/mol. The molecule has 0 atom stereocenters. The molecule has 8 heteroatoms. The van der Waals surface area contributed by atoms with Crippen LogP contribution in [0, 0.1) is 5.82 Å². The van der Waals surface area contributed by atoms with E-state index in [0.29, 0.717) is 21.4 Å². The summed E-state index contributed by atoms with van der Waals surface area (Å²) >= 11 is 4.67. The predicted molar refractivity (Wildman–Crippen MR) is 85.0 cm³/mol. The molecule has 4 aromatic rings. The molecule has 0 aliphatic heterocycles. The van der Waals surface area contributed by atoms with E-state index in [0.717, 1.165) is 10.0 Å². The largest absolute Gasteiger partial charge is 0.263 e. The smallest absolute Gasteiger partial charge is 0.235 e. The average Bonchev–Trinajstić information content (AvgIpc) is 3.07. The first-order valence-corrected chi connectivity index (χ1v) is 7.91. The highest BCUT2D eigenvalue weighted by Crippen LogP contribution is 2.29. The van der Waals surface area contributed by atoms with Crippen molar-refractivity contribution in [3.63, 3.8) is 0 Å². The first-order valence-electron chi connectivity index (χ1n) is 6.30. The van der Waals surface area contributed by atoms with Gasteiger partial charge in [0.1, 0.15) is 5.82 Å². The van der Waals surface area contributed by atoms with Gasteiger partial charge in [0, 0.05) is 28.0 Å². The lowest BCUT2D eigenvalue weighted by Gasteiger charge is -1.98. The highest BCUT2D eigenvalue weighted by atomic mass is 79.9. The van der Waals surface area contributed by atoms with Crippen molar-refractivity contribution < 1.29 is 4.39 Å². The predicted octanol–water partition coefficient (Wildman–Crippen LogP) is 3.82. The van der Waals surface area contributed by atoms with Gasteiger partial charge in [-0.05, 0) is 34.1 Å². The molecular formula is C14H7BrFN5S. The van der Waals surface area contributed by atoms with Crippen molar-refractivity contribution in [2.45, 2.75) is 0 Å². The SMILES string of the molecule is Fc1ccccc1-c1nn2c(-c3cncc(Br)c3)nnc2s1. The van der Waals surface area contributed by atoms with Gasteiger partial charge >= 0.3 is 0 Å². The minimum absolute atomic E-state index is 0.307. The zero-order chi connectivity index (χ0) is 15.1. The number of halogens is 2. The Kier molecular flexibility index (Phi) is 3.20. The Balaban J connectivity index is 1.88. The third-order valence-electron chi connectivity index (χ3n) is 3.06. The van der Waals surface area contributed by atoms with Crippen LogP contribution in [0.2, 0.25) is 0 Å². The number of pyridine rings is 1. The summed E-state index contributed by atoms with van der Waals surface area (Å²) in [7, 11) is 0.